The lowest BCUT2D eigenvalue weighted by atomic mass is 10.0. The molecule has 6 heteroatoms. The van der Waals surface area contributed by atoms with E-state index in [1.165, 1.54) is 13.2 Å². The molecule has 78 valence electrons. The van der Waals surface area contributed by atoms with E-state index < -0.39 is 18.2 Å². The summed E-state index contributed by atoms with van der Waals surface area (Å²) < 4.78 is 22.2. The van der Waals surface area contributed by atoms with Crippen LogP contribution in [-0.4, -0.2) is 31.1 Å². The molecule has 1 aliphatic heterocycles. The van der Waals surface area contributed by atoms with Crippen molar-refractivity contribution in [2.24, 2.45) is 4.99 Å². The maximum Gasteiger partial charge on any atom is 0.442 e. The summed E-state index contributed by atoms with van der Waals surface area (Å²) in [5.41, 5.74) is 0.0184. The second-order valence-electron chi connectivity index (χ2n) is 2.89. The van der Waals surface area contributed by atoms with Crippen molar-refractivity contribution in [2.45, 2.75) is 6.17 Å². The number of cyclic esters (lactones) is 2. The van der Waals surface area contributed by atoms with E-state index >= 15 is 0 Å². The number of fused-ring (bicyclic) bond motifs is 1. The summed E-state index contributed by atoms with van der Waals surface area (Å²) in [5, 5.41) is 0. The number of rotatable bonds is 1. The molecule has 1 heterocycles. The highest BCUT2D eigenvalue weighted by Crippen LogP contribution is 2.23. The predicted molar refractivity (Wildman–Crippen MR) is 47.0 cm³/mol. The third kappa shape index (κ3) is 1.54. The van der Waals surface area contributed by atoms with Gasteiger partial charge in [-0.3, -0.25) is 0 Å². The number of ether oxygens (including phenoxy) is 2. The van der Waals surface area contributed by atoms with Crippen LogP contribution in [0.15, 0.2) is 28.5 Å². The van der Waals surface area contributed by atoms with Gasteiger partial charge < -0.3 is 9.47 Å². The molecule has 0 saturated heterocycles. The number of amides is 1. The van der Waals surface area contributed by atoms with E-state index in [1.54, 1.807) is 0 Å². The molecule has 2 rings (SSSR count). The van der Waals surface area contributed by atoms with Crippen molar-refractivity contribution in [3.8, 4) is 0 Å². The van der Waals surface area contributed by atoms with Gasteiger partial charge in [-0.15, -0.1) is 0 Å². The molecule has 1 aliphatic carbocycles. The van der Waals surface area contributed by atoms with Crippen molar-refractivity contribution in [1.29, 1.82) is 0 Å². The van der Waals surface area contributed by atoms with Gasteiger partial charge in [-0.25, -0.2) is 14.0 Å². The zero-order valence-corrected chi connectivity index (χ0v) is 7.69. The number of carbonyl (C=O) groups excluding carboxylic acids is 2. The van der Waals surface area contributed by atoms with E-state index in [0.717, 1.165) is 6.08 Å². The van der Waals surface area contributed by atoms with Crippen molar-refractivity contribution >= 4 is 17.8 Å². The maximum atomic E-state index is 13.3. The van der Waals surface area contributed by atoms with Crippen LogP contribution in [0.1, 0.15) is 0 Å². The molecule has 0 bridgehead atoms. The fraction of sp³-hybridized carbons (Fsp3) is 0.222. The normalized spacial score (nSPS) is 24.7. The Hall–Kier alpha value is -1.98. The van der Waals surface area contributed by atoms with Gasteiger partial charge in [0, 0.05) is 6.08 Å². The minimum absolute atomic E-state index is 0.000000000000000222. The molecule has 1 amide bonds. The fourth-order valence-corrected chi connectivity index (χ4v) is 1.30. The van der Waals surface area contributed by atoms with Gasteiger partial charge >= 0.3 is 12.1 Å². The van der Waals surface area contributed by atoms with E-state index in [1.807, 2.05) is 0 Å². The third-order valence-electron chi connectivity index (χ3n) is 1.99. The molecule has 0 aromatic rings. The lowest BCUT2D eigenvalue weighted by Gasteiger charge is -2.18. The molecule has 0 saturated carbocycles. The third-order valence-corrected chi connectivity index (χ3v) is 1.99. The first-order chi connectivity index (χ1) is 7.11. The van der Waals surface area contributed by atoms with E-state index in [0.29, 0.717) is 0 Å². The van der Waals surface area contributed by atoms with Crippen LogP contribution in [-0.2, 0) is 14.3 Å². The van der Waals surface area contributed by atoms with E-state index in [-0.39, 0.29) is 17.0 Å². The van der Waals surface area contributed by atoms with Crippen molar-refractivity contribution in [3.05, 3.63) is 23.5 Å². The summed E-state index contributed by atoms with van der Waals surface area (Å²) in [6.07, 6.45) is -0.314. The Balaban J connectivity index is 2.47. The number of hydrogen-bond donors (Lipinski definition) is 0. The Kier molecular flexibility index (Phi) is 2.11. The highest BCUT2D eigenvalue weighted by Gasteiger charge is 2.31. The second kappa shape index (κ2) is 3.30. The maximum absolute atomic E-state index is 13.3. The number of esters is 1. The Morgan fingerprint density at radius 3 is 2.93 bits per heavy atom. The molecular weight excluding hydrogens is 205 g/mol. The number of carbonyl (C=O) groups is 2. The molecule has 2 aliphatic rings. The van der Waals surface area contributed by atoms with Gasteiger partial charge in [-0.05, 0) is 6.08 Å². The average molecular weight is 211 g/mol. The molecule has 1 atom stereocenters. The van der Waals surface area contributed by atoms with Crippen LogP contribution in [0.5, 0.6) is 0 Å². The minimum Gasteiger partial charge on any atom is -0.498 e. The van der Waals surface area contributed by atoms with Gasteiger partial charge in [0.05, 0.1) is 18.4 Å². The average Bonchev–Trinajstić information content (AvgIpc) is 2.18. The van der Waals surface area contributed by atoms with Crippen LogP contribution in [0.25, 0.3) is 0 Å². The number of aliphatic imine (C=N–C) groups is 1. The number of nitrogens with zero attached hydrogens (tertiary/aromatic N) is 1. The lowest BCUT2D eigenvalue weighted by Crippen LogP contribution is -2.28. The number of allylic oxidation sites excluding steroid dienone is 2. The fourth-order valence-electron chi connectivity index (χ4n) is 1.30. The summed E-state index contributed by atoms with van der Waals surface area (Å²) in [6, 6.07) is 0. The quantitative estimate of drug-likeness (QED) is 0.477. The Bertz CT molecular complexity index is 435. The zero-order chi connectivity index (χ0) is 11.0. The molecular formula is C9H6FNO4. The van der Waals surface area contributed by atoms with Crippen molar-refractivity contribution in [2.75, 3.05) is 7.11 Å². The number of halogens is 1. The predicted octanol–water partition coefficient (Wildman–Crippen LogP) is 0.913. The number of alkyl halides is 1. The molecule has 1 unspecified atom stereocenters. The van der Waals surface area contributed by atoms with E-state index in [9.17, 15) is 14.0 Å². The molecule has 0 radical (unpaired) electrons. The Labute approximate surface area is 83.9 Å². The molecule has 15 heavy (non-hydrogen) atoms. The van der Waals surface area contributed by atoms with Gasteiger partial charge in [-0.2, -0.15) is 4.99 Å². The smallest absolute Gasteiger partial charge is 0.442 e. The van der Waals surface area contributed by atoms with Crippen LogP contribution in [0.3, 0.4) is 0 Å². The largest absolute Gasteiger partial charge is 0.498 e. The van der Waals surface area contributed by atoms with Crippen LogP contribution in [0.2, 0.25) is 0 Å². The van der Waals surface area contributed by atoms with Crippen LogP contribution < -0.4 is 0 Å². The number of hydrogen-bond acceptors (Lipinski definition) is 4. The first-order valence-corrected chi connectivity index (χ1v) is 4.08. The Morgan fingerprint density at radius 1 is 1.53 bits per heavy atom. The highest BCUT2D eigenvalue weighted by atomic mass is 19.1. The lowest BCUT2D eigenvalue weighted by molar-refractivity contribution is -0.132. The molecule has 0 aromatic carbocycles. The summed E-state index contributed by atoms with van der Waals surface area (Å²) in [7, 11) is 1.29. The van der Waals surface area contributed by atoms with Gasteiger partial charge in [0.25, 0.3) is 0 Å². The van der Waals surface area contributed by atoms with Crippen LogP contribution in [0.4, 0.5) is 9.18 Å². The Morgan fingerprint density at radius 2 is 2.27 bits per heavy atom. The van der Waals surface area contributed by atoms with E-state index in [4.69, 9.17) is 4.74 Å². The highest BCUT2D eigenvalue weighted by molar-refractivity contribution is 6.30. The molecule has 0 spiro atoms. The van der Waals surface area contributed by atoms with Gasteiger partial charge in [0.1, 0.15) is 5.76 Å². The second-order valence-corrected chi connectivity index (χ2v) is 2.89. The first kappa shape index (κ1) is 9.57. The van der Waals surface area contributed by atoms with Crippen molar-refractivity contribution < 1.29 is 23.5 Å². The zero-order valence-electron chi connectivity index (χ0n) is 7.69. The standard InChI is InChI=1S/C9H6FNO4/c1-14-7-3-6-4(2-5(7)10)8(12)15-9(13)11-6/h2-3,5H,1H3. The molecule has 0 aromatic heterocycles. The number of methoxy groups -OCH3 is 1. The summed E-state index contributed by atoms with van der Waals surface area (Å²) in [4.78, 5) is 25.4. The van der Waals surface area contributed by atoms with Crippen molar-refractivity contribution in [3.63, 3.8) is 0 Å². The van der Waals surface area contributed by atoms with Crippen LogP contribution >= 0.6 is 0 Å². The van der Waals surface area contributed by atoms with Crippen LogP contribution in [0, 0.1) is 0 Å². The van der Waals surface area contributed by atoms with E-state index in [2.05, 4.69) is 9.73 Å². The molecule has 5 nitrogen and oxygen atoms in total. The summed E-state index contributed by atoms with van der Waals surface area (Å²) >= 11 is 0. The first-order valence-electron chi connectivity index (χ1n) is 4.08. The van der Waals surface area contributed by atoms with Gasteiger partial charge in [0.15, 0.2) is 6.17 Å². The van der Waals surface area contributed by atoms with Gasteiger partial charge in [-0.1, -0.05) is 0 Å². The van der Waals surface area contributed by atoms with Crippen molar-refractivity contribution in [1.82, 2.24) is 0 Å². The molecule has 0 fully saturated rings. The SMILES string of the molecule is COC1=CC2=NC(=O)OC(=O)C2=CC1F. The van der Waals surface area contributed by atoms with Gasteiger partial charge in [0.2, 0.25) is 0 Å². The minimum atomic E-state index is -1.52. The molecule has 0 N–H and O–H groups in total. The summed E-state index contributed by atoms with van der Waals surface area (Å²) in [5.74, 6) is -0.890. The monoisotopic (exact) mass is 211 g/mol. The summed E-state index contributed by atoms with van der Waals surface area (Å²) in [6.45, 7) is 0. The topological polar surface area (TPSA) is 65.0 Å².